The number of carbonyl (C=O) groups excluding carboxylic acids is 3. The predicted molar refractivity (Wildman–Crippen MR) is 270 cm³/mol. The Morgan fingerprint density at radius 3 is 2.67 bits per heavy atom. The van der Waals surface area contributed by atoms with Crippen LogP contribution in [0.15, 0.2) is 34.3 Å². The molecule has 1 aromatic carbocycles. The molecule has 4 aliphatic heterocycles. The first-order chi connectivity index (χ1) is 33.1. The van der Waals surface area contributed by atoms with Gasteiger partial charge in [0.1, 0.15) is 6.04 Å². The highest BCUT2D eigenvalue weighted by atomic mass is 32.1. The summed E-state index contributed by atoms with van der Waals surface area (Å²) in [6.45, 7) is 17.2. The quantitative estimate of drug-likeness (QED) is 0.175. The number of methoxy groups -OCH3 is 1. The number of allylic oxidation sites excluding steroid dienone is 1. The summed E-state index contributed by atoms with van der Waals surface area (Å²) in [5.41, 5.74) is 13.5. The summed E-state index contributed by atoms with van der Waals surface area (Å²) in [6, 6.07) is 4.61. The minimum Gasteiger partial charge on any atom is -0.375 e. The Labute approximate surface area is 412 Å². The Morgan fingerprint density at radius 2 is 1.93 bits per heavy atom. The summed E-state index contributed by atoms with van der Waals surface area (Å²) in [5, 5.41) is 21.4. The molecule has 3 amide bonds. The van der Waals surface area contributed by atoms with Gasteiger partial charge >= 0.3 is 0 Å². The molecule has 5 fully saturated rings. The summed E-state index contributed by atoms with van der Waals surface area (Å²) in [5.74, 6) is 2.06. The third kappa shape index (κ3) is 9.26. The van der Waals surface area contributed by atoms with E-state index in [-0.39, 0.29) is 53.1 Å². The van der Waals surface area contributed by atoms with Gasteiger partial charge < -0.3 is 40.4 Å². The highest BCUT2D eigenvalue weighted by Crippen LogP contribution is 2.85. The summed E-state index contributed by atoms with van der Waals surface area (Å²) < 4.78 is 14.4. The fourth-order valence-corrected chi connectivity index (χ4v) is 13.9. The van der Waals surface area contributed by atoms with Crippen LogP contribution < -0.4 is 16.4 Å². The maximum Gasteiger partial charge on any atom is 0.243 e. The van der Waals surface area contributed by atoms with Gasteiger partial charge in [-0.3, -0.25) is 24.3 Å². The standard InChI is InChI=1S/C54H76N8O6S/c1-8-62-42-16-15-34-23-36(42)37(47(62)35-11-9-19-56-45(35)32(4)67-7)25-52(5,6)30-68-50(65)39(55)12-10-20-57-48(63)40(24-43-58-41(34)27-69-43)59-49(64)46(31(2)3)60-21-17-53(28-60)18-22-61(29-53)51(66)54-26-38(54)44(54)33-13-14-33/h15-16,19,23,27,31-33,38-40,44,46,50,65H,8-14,17-18,20-22,24-26,28-30,55H2,1-7H3,(H,57,63)(H,59,64)/t32-,38?,39-,40-,44-,46-,50?,53-,54-/m0/s1. The van der Waals surface area contributed by atoms with Gasteiger partial charge in [0.05, 0.1) is 52.3 Å². The van der Waals surface area contributed by atoms with Gasteiger partial charge in [0.15, 0.2) is 6.29 Å². The molecule has 7 aliphatic rings. The van der Waals surface area contributed by atoms with Crippen molar-refractivity contribution in [3.8, 4) is 11.3 Å². The average Bonchev–Trinajstić information content (AvgIpc) is 4.24. The molecule has 5 N–H and O–H groups in total. The number of aryl methyl sites for hydroxylation is 1. The minimum absolute atomic E-state index is 0.00103. The average molecular weight is 965 g/mol. The van der Waals surface area contributed by atoms with E-state index >= 15 is 0 Å². The number of aliphatic hydroxyl groups is 1. The largest absolute Gasteiger partial charge is 0.375 e. The van der Waals surface area contributed by atoms with E-state index in [1.54, 1.807) is 7.11 Å². The molecule has 10 rings (SSSR count). The molecule has 15 heteroatoms. The van der Waals surface area contributed by atoms with E-state index in [4.69, 9.17) is 25.2 Å². The summed E-state index contributed by atoms with van der Waals surface area (Å²) in [6.07, 6.45) is 9.78. The van der Waals surface area contributed by atoms with Gasteiger partial charge in [-0.25, -0.2) is 4.98 Å². The van der Waals surface area contributed by atoms with Crippen molar-refractivity contribution in [2.45, 2.75) is 149 Å². The number of aliphatic hydroxyl groups excluding tert-OH is 1. The summed E-state index contributed by atoms with van der Waals surface area (Å²) >= 11 is 1.50. The van der Waals surface area contributed by atoms with Crippen molar-refractivity contribution in [2.24, 2.45) is 50.6 Å². The van der Waals surface area contributed by atoms with Crippen LogP contribution in [0.25, 0.3) is 27.7 Å². The topological polar surface area (TPSA) is 177 Å². The van der Waals surface area contributed by atoms with E-state index in [9.17, 15) is 19.5 Å². The van der Waals surface area contributed by atoms with Crippen molar-refractivity contribution >= 4 is 51.7 Å². The highest BCUT2D eigenvalue weighted by Gasteiger charge is 2.85. The first-order valence-electron chi connectivity index (χ1n) is 26.1. The lowest BCUT2D eigenvalue weighted by Gasteiger charge is -2.33. The number of benzene rings is 1. The zero-order chi connectivity index (χ0) is 48.6. The number of aromatic nitrogens is 2. The molecular weight excluding hydrogens is 889 g/mol. The van der Waals surface area contributed by atoms with E-state index in [0.29, 0.717) is 43.6 Å². The Balaban J connectivity index is 0.923. The number of hydrogen-bond acceptors (Lipinski definition) is 11. The lowest BCUT2D eigenvalue weighted by molar-refractivity contribution is -0.135. The molecule has 3 aromatic rings. The number of rotatable bonds is 10. The third-order valence-corrected chi connectivity index (χ3v) is 18.0. The van der Waals surface area contributed by atoms with Gasteiger partial charge in [-0.05, 0) is 131 Å². The zero-order valence-electron chi connectivity index (χ0n) is 42.0. The van der Waals surface area contributed by atoms with Crippen LogP contribution in [0, 0.1) is 39.9 Å². The maximum absolute atomic E-state index is 14.6. The Kier molecular flexibility index (Phi) is 13.3. The highest BCUT2D eigenvalue weighted by molar-refractivity contribution is 7.10. The van der Waals surface area contributed by atoms with E-state index in [1.807, 2.05) is 13.1 Å². The van der Waals surface area contributed by atoms with Crippen molar-refractivity contribution in [1.82, 2.24) is 30.0 Å². The summed E-state index contributed by atoms with van der Waals surface area (Å²) in [4.78, 5) is 57.3. The molecule has 2 unspecified atom stereocenters. The van der Waals surface area contributed by atoms with Gasteiger partial charge in [-0.15, -0.1) is 11.3 Å². The number of hydrogen-bond donors (Lipinski definition) is 4. The number of amides is 3. The molecule has 1 spiro atoms. The second kappa shape index (κ2) is 18.9. The lowest BCUT2D eigenvalue weighted by atomic mass is 9.83. The number of likely N-dealkylation sites (tertiary alicyclic amines) is 2. The number of fused-ring (bicyclic) bond motifs is 5. The Morgan fingerprint density at radius 1 is 1.13 bits per heavy atom. The molecular formula is C54H76N8O6S. The Hall–Kier alpha value is -3.99. The number of thiazole rings is 1. The van der Waals surface area contributed by atoms with Crippen molar-refractivity contribution < 1.29 is 29.0 Å². The van der Waals surface area contributed by atoms with E-state index in [0.717, 1.165) is 109 Å². The smallest absolute Gasteiger partial charge is 0.243 e. The van der Waals surface area contributed by atoms with E-state index in [1.165, 1.54) is 35.3 Å². The normalized spacial score (nSPS) is 31.6. The molecule has 6 heterocycles. The second-order valence-corrected chi connectivity index (χ2v) is 24.0. The molecule has 3 saturated carbocycles. The molecule has 4 bridgehead atoms. The van der Waals surface area contributed by atoms with Crippen LogP contribution in [0.5, 0.6) is 0 Å². The van der Waals surface area contributed by atoms with Gasteiger partial charge in [-0.1, -0.05) is 33.8 Å². The molecule has 374 valence electrons. The number of carbonyl (C=O) groups is 3. The minimum atomic E-state index is -1.18. The number of nitrogens with zero attached hydrogens (tertiary/aromatic N) is 5. The predicted octanol–water partition coefficient (Wildman–Crippen LogP) is 6.56. The van der Waals surface area contributed by atoms with Crippen molar-refractivity contribution in [2.75, 3.05) is 46.4 Å². The van der Waals surface area contributed by atoms with E-state index < -0.39 is 24.4 Å². The number of ether oxygens (including phenoxy) is 2. The third-order valence-electron chi connectivity index (χ3n) is 17.1. The molecule has 3 aliphatic carbocycles. The van der Waals surface area contributed by atoms with Crippen LogP contribution in [0.3, 0.4) is 0 Å². The molecule has 0 radical (unpaired) electrons. The molecule has 9 atom stereocenters. The zero-order valence-corrected chi connectivity index (χ0v) is 42.8. The van der Waals surface area contributed by atoms with Crippen LogP contribution >= 0.6 is 11.3 Å². The van der Waals surface area contributed by atoms with Gasteiger partial charge in [0.25, 0.3) is 0 Å². The van der Waals surface area contributed by atoms with E-state index in [2.05, 4.69) is 83.2 Å². The lowest BCUT2D eigenvalue weighted by Crippen LogP contribution is -2.56. The first-order valence-corrected chi connectivity index (χ1v) is 27.0. The molecule has 69 heavy (non-hydrogen) atoms. The van der Waals surface area contributed by atoms with Crippen LogP contribution in [-0.2, 0) is 43.2 Å². The maximum atomic E-state index is 14.6. The fraction of sp³-hybridized carbons (Fsp3) is 0.685. The number of nitrogens with one attached hydrogen (secondary N) is 2. The van der Waals surface area contributed by atoms with Gasteiger partial charge in [-0.2, -0.15) is 0 Å². The number of aliphatic imine (C=N–C) groups is 1. The number of nitrogens with two attached hydrogens (primary N) is 1. The molecule has 2 saturated heterocycles. The van der Waals surface area contributed by atoms with Crippen molar-refractivity contribution in [1.29, 1.82) is 0 Å². The van der Waals surface area contributed by atoms with Gasteiger partial charge in [0.2, 0.25) is 17.7 Å². The van der Waals surface area contributed by atoms with Crippen molar-refractivity contribution in [3.05, 3.63) is 45.5 Å². The first kappa shape index (κ1) is 48.6. The Bertz CT molecular complexity index is 2530. The second-order valence-electron chi connectivity index (χ2n) is 23.0. The van der Waals surface area contributed by atoms with Gasteiger partial charge in [0, 0.05) is 85.3 Å². The summed E-state index contributed by atoms with van der Waals surface area (Å²) in [7, 11) is 1.73. The molecule has 2 aromatic heterocycles. The fourth-order valence-electron chi connectivity index (χ4n) is 13.1. The van der Waals surface area contributed by atoms with Crippen molar-refractivity contribution in [3.63, 3.8) is 0 Å². The van der Waals surface area contributed by atoms with Crippen LogP contribution in [-0.4, -0.2) is 125 Å². The van der Waals surface area contributed by atoms with Crippen LogP contribution in [0.1, 0.15) is 116 Å². The van der Waals surface area contributed by atoms with Crippen LogP contribution in [0.2, 0.25) is 0 Å². The SMILES string of the molecule is CCn1c(C2=C([C@H](C)OC)N=CCC2)c2c3cc(ccc31)-c1csc(n1)C[C@H](NC(=O)[C@H](C(C)C)N1CC[C@]3(CCN(C(=O)[C@@]45CC4[C@@H]5C4CC4)C3)C1)C(=O)NCCC[C@H](N)C(O)OCC(C)(C)C2. The molecule has 14 nitrogen and oxygen atoms in total. The monoisotopic (exact) mass is 965 g/mol. The van der Waals surface area contributed by atoms with Crippen LogP contribution in [0.4, 0.5) is 0 Å².